The fourth-order valence-corrected chi connectivity index (χ4v) is 0.803. The number of carbonyl (C=O) groups is 2. The molecule has 0 aliphatic carbocycles. The molecule has 4 nitrogen and oxygen atoms in total. The Bertz CT molecular complexity index is 385. The van der Waals surface area contributed by atoms with Crippen LogP contribution in [0.1, 0.15) is 10.4 Å². The largest absolute Gasteiger partial charge is 0.477 e. The first-order chi connectivity index (χ1) is 8.11. The van der Waals surface area contributed by atoms with E-state index in [0.717, 1.165) is 11.8 Å². The highest BCUT2D eigenvalue weighted by molar-refractivity contribution is 5.85. The second-order valence-corrected chi connectivity index (χ2v) is 2.98. The summed E-state index contributed by atoms with van der Waals surface area (Å²) < 4.78 is 0. The summed E-state index contributed by atoms with van der Waals surface area (Å²) >= 11 is 0. The maximum Gasteiger partial charge on any atom is 0.351 e. The van der Waals surface area contributed by atoms with Gasteiger partial charge in [-0.1, -0.05) is 43.0 Å². The van der Waals surface area contributed by atoms with E-state index >= 15 is 0 Å². The van der Waals surface area contributed by atoms with Crippen LogP contribution in [0.15, 0.2) is 55.3 Å². The van der Waals surface area contributed by atoms with Gasteiger partial charge in [-0.15, -0.1) is 6.58 Å². The highest BCUT2D eigenvalue weighted by Gasteiger charge is 1.98. The molecule has 90 valence electrons. The molecule has 17 heavy (non-hydrogen) atoms. The van der Waals surface area contributed by atoms with E-state index in [1.807, 2.05) is 18.2 Å². The minimum Gasteiger partial charge on any atom is -0.477 e. The lowest BCUT2D eigenvalue weighted by atomic mass is 10.2. The third-order valence-electron chi connectivity index (χ3n) is 1.65. The molecule has 0 atom stereocenters. The van der Waals surface area contributed by atoms with Gasteiger partial charge >= 0.3 is 5.97 Å². The molecule has 0 aliphatic heterocycles. The Balaban J connectivity index is 0.000000302. The molecule has 0 bridgehead atoms. The van der Waals surface area contributed by atoms with E-state index in [-0.39, 0.29) is 5.70 Å². The zero-order valence-electron chi connectivity index (χ0n) is 9.43. The predicted octanol–water partition coefficient (Wildman–Crippen LogP) is 1.86. The van der Waals surface area contributed by atoms with E-state index in [4.69, 9.17) is 5.11 Å². The summed E-state index contributed by atoms with van der Waals surface area (Å²) in [5.74, 6) is -1.03. The molecular weight excluding hydrogens is 218 g/mol. The number of hydrogen-bond acceptors (Lipinski definition) is 3. The van der Waals surface area contributed by atoms with Crippen molar-refractivity contribution in [3.8, 4) is 0 Å². The number of hydrogen-bond donors (Lipinski definition) is 2. The van der Waals surface area contributed by atoms with Gasteiger partial charge < -0.3 is 10.4 Å². The fourth-order valence-electron chi connectivity index (χ4n) is 0.803. The van der Waals surface area contributed by atoms with Crippen molar-refractivity contribution in [1.82, 2.24) is 5.32 Å². The van der Waals surface area contributed by atoms with Crippen molar-refractivity contribution in [1.29, 1.82) is 0 Å². The summed E-state index contributed by atoms with van der Waals surface area (Å²) in [6, 6.07) is 9.10. The van der Waals surface area contributed by atoms with E-state index in [0.29, 0.717) is 6.54 Å². The van der Waals surface area contributed by atoms with E-state index in [1.165, 1.54) is 0 Å². The van der Waals surface area contributed by atoms with Gasteiger partial charge in [-0.3, -0.25) is 4.79 Å². The highest BCUT2D eigenvalue weighted by atomic mass is 16.4. The molecule has 0 spiro atoms. The summed E-state index contributed by atoms with van der Waals surface area (Å²) in [5.41, 5.74) is 0.724. The Kier molecular flexibility index (Phi) is 7.67. The second-order valence-electron chi connectivity index (χ2n) is 2.98. The summed E-state index contributed by atoms with van der Waals surface area (Å²) in [7, 11) is 0. The van der Waals surface area contributed by atoms with Gasteiger partial charge in [0.25, 0.3) is 0 Å². The number of aliphatic carboxylic acids is 1. The van der Waals surface area contributed by atoms with Crippen LogP contribution in [0.5, 0.6) is 0 Å². The van der Waals surface area contributed by atoms with E-state index in [9.17, 15) is 9.59 Å². The van der Waals surface area contributed by atoms with Gasteiger partial charge in [0.1, 0.15) is 12.0 Å². The highest BCUT2D eigenvalue weighted by Crippen LogP contribution is 1.91. The minimum atomic E-state index is -1.03. The second kappa shape index (κ2) is 8.91. The van der Waals surface area contributed by atoms with Gasteiger partial charge in [-0.25, -0.2) is 4.79 Å². The number of carbonyl (C=O) groups excluding carboxylic acids is 1. The molecule has 0 fully saturated rings. The molecular formula is C13H15NO3. The van der Waals surface area contributed by atoms with Crippen LogP contribution < -0.4 is 5.32 Å². The number of carboxylic acids is 1. The van der Waals surface area contributed by atoms with Crippen LogP contribution in [0.4, 0.5) is 0 Å². The number of carboxylic acid groups (broad SMARTS) is 1. The predicted molar refractivity (Wildman–Crippen MR) is 66.8 cm³/mol. The Hall–Kier alpha value is -2.36. The monoisotopic (exact) mass is 233 g/mol. The standard InChI is InChI=1S/C7H6O.C6H9NO2/c8-6-7-4-2-1-3-5-7;1-3-4-7-5(2)6(8)9/h1-6H;3,7H,1-2,4H2,(H,8,9). The normalized spacial score (nSPS) is 8.24. The first kappa shape index (κ1) is 14.6. The van der Waals surface area contributed by atoms with Crippen LogP contribution >= 0.6 is 0 Å². The average molecular weight is 233 g/mol. The van der Waals surface area contributed by atoms with E-state index in [1.54, 1.807) is 18.2 Å². The minimum absolute atomic E-state index is 0.00472. The zero-order chi connectivity index (χ0) is 13.1. The molecule has 4 heteroatoms. The van der Waals surface area contributed by atoms with Crippen molar-refractivity contribution >= 4 is 12.3 Å². The lowest BCUT2D eigenvalue weighted by molar-refractivity contribution is -0.133. The summed E-state index contributed by atoms with van der Waals surface area (Å²) in [5, 5.41) is 10.7. The molecule has 1 aromatic carbocycles. The quantitative estimate of drug-likeness (QED) is 0.463. The Morgan fingerprint density at radius 2 is 1.94 bits per heavy atom. The van der Waals surface area contributed by atoms with Gasteiger partial charge in [-0.2, -0.15) is 0 Å². The molecule has 0 heterocycles. The lowest BCUT2D eigenvalue weighted by Crippen LogP contribution is -2.18. The van der Waals surface area contributed by atoms with Crippen molar-refractivity contribution in [2.75, 3.05) is 6.54 Å². The van der Waals surface area contributed by atoms with Crippen LogP contribution in [0.3, 0.4) is 0 Å². The van der Waals surface area contributed by atoms with Crippen LogP contribution in [-0.4, -0.2) is 23.9 Å². The summed E-state index contributed by atoms with van der Waals surface area (Å²) in [6.45, 7) is 7.06. The molecule has 0 aliphatic rings. The average Bonchev–Trinajstić information content (AvgIpc) is 2.37. The fraction of sp³-hybridized carbons (Fsp3) is 0.0769. The SMILES string of the molecule is C=CCNC(=C)C(=O)O.O=Cc1ccccc1. The summed E-state index contributed by atoms with van der Waals surface area (Å²) in [6.07, 6.45) is 2.40. The Morgan fingerprint density at radius 1 is 1.35 bits per heavy atom. The molecule has 0 radical (unpaired) electrons. The maximum absolute atomic E-state index is 10.0. The topological polar surface area (TPSA) is 66.4 Å². The van der Waals surface area contributed by atoms with Gasteiger partial charge in [0.15, 0.2) is 0 Å². The molecule has 0 unspecified atom stereocenters. The van der Waals surface area contributed by atoms with Gasteiger partial charge in [-0.05, 0) is 0 Å². The van der Waals surface area contributed by atoms with Crippen LogP contribution in [0, 0.1) is 0 Å². The van der Waals surface area contributed by atoms with E-state index < -0.39 is 5.97 Å². The van der Waals surface area contributed by atoms with Crippen molar-refractivity contribution in [3.05, 3.63) is 60.8 Å². The molecule has 0 saturated carbocycles. The first-order valence-electron chi connectivity index (χ1n) is 4.89. The van der Waals surface area contributed by atoms with Crippen LogP contribution in [-0.2, 0) is 4.79 Å². The lowest BCUT2D eigenvalue weighted by Gasteiger charge is -1.98. The molecule has 1 aromatic rings. The number of aldehydes is 1. The zero-order valence-corrected chi connectivity index (χ0v) is 9.43. The number of benzene rings is 1. The molecule has 0 saturated heterocycles. The molecule has 0 aromatic heterocycles. The molecule has 1 rings (SSSR count). The first-order valence-corrected chi connectivity index (χ1v) is 4.89. The third kappa shape index (κ3) is 7.56. The number of nitrogens with one attached hydrogen (secondary N) is 1. The number of rotatable bonds is 5. The van der Waals surface area contributed by atoms with Crippen molar-refractivity contribution in [2.45, 2.75) is 0 Å². The molecule has 0 amide bonds. The Labute approximate surface area is 100 Å². The van der Waals surface area contributed by atoms with Gasteiger partial charge in [0.05, 0.1) is 0 Å². The van der Waals surface area contributed by atoms with Crippen LogP contribution in [0.25, 0.3) is 0 Å². The van der Waals surface area contributed by atoms with Crippen LogP contribution in [0.2, 0.25) is 0 Å². The van der Waals surface area contributed by atoms with Crippen molar-refractivity contribution in [2.24, 2.45) is 0 Å². The van der Waals surface area contributed by atoms with Gasteiger partial charge in [0, 0.05) is 12.1 Å². The van der Waals surface area contributed by atoms with Crippen molar-refractivity contribution < 1.29 is 14.7 Å². The van der Waals surface area contributed by atoms with E-state index in [2.05, 4.69) is 18.5 Å². The maximum atomic E-state index is 10.0. The third-order valence-corrected chi connectivity index (χ3v) is 1.65. The van der Waals surface area contributed by atoms with Crippen molar-refractivity contribution in [3.63, 3.8) is 0 Å². The molecule has 2 N–H and O–H groups in total. The Morgan fingerprint density at radius 3 is 2.29 bits per heavy atom. The van der Waals surface area contributed by atoms with Gasteiger partial charge in [0.2, 0.25) is 0 Å². The smallest absolute Gasteiger partial charge is 0.351 e. The summed E-state index contributed by atoms with van der Waals surface area (Å²) in [4.78, 5) is 20.0.